The Morgan fingerprint density at radius 1 is 1.19 bits per heavy atom. The SMILES string of the molecule is Cn1c(SCC(=O)Nc2ccc(Cl)cc2)nnc1-c1ccc([N+](=O)[O-])cc1. The monoisotopic (exact) mass is 403 g/mol. The van der Waals surface area contributed by atoms with E-state index in [1.165, 1.54) is 23.9 Å². The summed E-state index contributed by atoms with van der Waals surface area (Å²) in [5, 5.41) is 22.9. The minimum atomic E-state index is -0.457. The van der Waals surface area contributed by atoms with Gasteiger partial charge in [0.1, 0.15) is 0 Å². The van der Waals surface area contributed by atoms with E-state index in [9.17, 15) is 14.9 Å². The molecule has 0 saturated carbocycles. The van der Waals surface area contributed by atoms with Crippen molar-refractivity contribution in [3.05, 3.63) is 63.7 Å². The summed E-state index contributed by atoms with van der Waals surface area (Å²) in [5.74, 6) is 0.544. The Kier molecular flexibility index (Phi) is 5.72. The van der Waals surface area contributed by atoms with E-state index in [-0.39, 0.29) is 17.3 Å². The van der Waals surface area contributed by atoms with Gasteiger partial charge in [-0.1, -0.05) is 23.4 Å². The molecule has 1 aromatic heterocycles. The highest BCUT2D eigenvalue weighted by atomic mass is 35.5. The molecule has 0 spiro atoms. The average Bonchev–Trinajstić information content (AvgIpc) is 3.02. The first-order valence-electron chi connectivity index (χ1n) is 7.76. The number of carbonyl (C=O) groups is 1. The van der Waals surface area contributed by atoms with Crippen molar-refractivity contribution in [1.82, 2.24) is 14.8 Å². The second-order valence-electron chi connectivity index (χ2n) is 5.51. The van der Waals surface area contributed by atoms with Crippen LogP contribution in [0.4, 0.5) is 11.4 Å². The van der Waals surface area contributed by atoms with Gasteiger partial charge in [-0.05, 0) is 36.4 Å². The van der Waals surface area contributed by atoms with Crippen LogP contribution in [0.25, 0.3) is 11.4 Å². The quantitative estimate of drug-likeness (QED) is 0.381. The average molecular weight is 404 g/mol. The predicted octanol–water partition coefficient (Wildman–Crippen LogP) is 3.77. The third-order valence-corrected chi connectivity index (χ3v) is 4.90. The van der Waals surface area contributed by atoms with Gasteiger partial charge in [-0.15, -0.1) is 10.2 Å². The van der Waals surface area contributed by atoms with Gasteiger partial charge in [-0.3, -0.25) is 14.9 Å². The van der Waals surface area contributed by atoms with Gasteiger partial charge < -0.3 is 9.88 Å². The van der Waals surface area contributed by atoms with E-state index in [1.54, 1.807) is 48.0 Å². The lowest BCUT2D eigenvalue weighted by Crippen LogP contribution is -2.14. The molecule has 138 valence electrons. The topological polar surface area (TPSA) is 103 Å². The summed E-state index contributed by atoms with van der Waals surface area (Å²) in [4.78, 5) is 22.4. The van der Waals surface area contributed by atoms with Crippen LogP contribution in [0.1, 0.15) is 0 Å². The summed E-state index contributed by atoms with van der Waals surface area (Å²) >= 11 is 7.06. The summed E-state index contributed by atoms with van der Waals surface area (Å²) < 4.78 is 1.74. The maximum absolute atomic E-state index is 12.1. The standard InChI is InChI=1S/C17H14ClN5O3S/c1-22-16(11-2-8-14(9-3-11)23(25)26)20-21-17(22)27-10-15(24)19-13-6-4-12(18)5-7-13/h2-9H,10H2,1H3,(H,19,24). The molecule has 0 bridgehead atoms. The molecule has 0 unspecified atom stereocenters. The molecule has 1 heterocycles. The van der Waals surface area contributed by atoms with Crippen LogP contribution < -0.4 is 5.32 Å². The molecule has 3 aromatic rings. The first kappa shape index (κ1) is 18.9. The second kappa shape index (κ2) is 8.19. The number of hydrogen-bond acceptors (Lipinski definition) is 6. The Hall–Kier alpha value is -2.91. The molecule has 1 amide bonds. The van der Waals surface area contributed by atoms with E-state index in [0.717, 1.165) is 0 Å². The van der Waals surface area contributed by atoms with E-state index in [2.05, 4.69) is 15.5 Å². The van der Waals surface area contributed by atoms with E-state index < -0.39 is 4.92 Å². The summed E-state index contributed by atoms with van der Waals surface area (Å²) in [6, 6.07) is 12.9. The minimum Gasteiger partial charge on any atom is -0.325 e. The molecular formula is C17H14ClN5O3S. The molecule has 0 fully saturated rings. The number of rotatable bonds is 6. The molecule has 8 nitrogen and oxygen atoms in total. The van der Waals surface area contributed by atoms with Crippen molar-refractivity contribution < 1.29 is 9.72 Å². The zero-order chi connectivity index (χ0) is 19.4. The van der Waals surface area contributed by atoms with Crippen molar-refractivity contribution in [3.8, 4) is 11.4 Å². The van der Waals surface area contributed by atoms with Crippen molar-refractivity contribution in [2.75, 3.05) is 11.1 Å². The number of nitro groups is 1. The van der Waals surface area contributed by atoms with Crippen molar-refractivity contribution in [2.24, 2.45) is 7.05 Å². The lowest BCUT2D eigenvalue weighted by atomic mass is 10.2. The molecular weight excluding hydrogens is 390 g/mol. The first-order valence-corrected chi connectivity index (χ1v) is 9.13. The number of nitrogens with one attached hydrogen (secondary N) is 1. The molecule has 0 saturated heterocycles. The summed E-state index contributed by atoms with van der Waals surface area (Å²) in [5.41, 5.74) is 1.37. The lowest BCUT2D eigenvalue weighted by molar-refractivity contribution is -0.384. The summed E-state index contributed by atoms with van der Waals surface area (Å²) in [6.45, 7) is 0. The molecule has 0 aliphatic carbocycles. The molecule has 1 N–H and O–H groups in total. The third-order valence-electron chi connectivity index (χ3n) is 3.63. The highest BCUT2D eigenvalue weighted by molar-refractivity contribution is 7.99. The number of aromatic nitrogens is 3. The molecule has 27 heavy (non-hydrogen) atoms. The molecule has 2 aromatic carbocycles. The largest absolute Gasteiger partial charge is 0.325 e. The Balaban J connectivity index is 1.64. The smallest absolute Gasteiger partial charge is 0.269 e. The van der Waals surface area contributed by atoms with Crippen molar-refractivity contribution in [3.63, 3.8) is 0 Å². The predicted molar refractivity (Wildman–Crippen MR) is 104 cm³/mol. The van der Waals surface area contributed by atoms with E-state index in [1.807, 2.05) is 0 Å². The number of hydrogen-bond donors (Lipinski definition) is 1. The van der Waals surface area contributed by atoms with Gasteiger partial charge >= 0.3 is 0 Å². The number of halogens is 1. The lowest BCUT2D eigenvalue weighted by Gasteiger charge is -2.06. The van der Waals surface area contributed by atoms with Crippen LogP contribution in [0.3, 0.4) is 0 Å². The van der Waals surface area contributed by atoms with Crippen LogP contribution in [-0.2, 0) is 11.8 Å². The number of anilines is 1. The van der Waals surface area contributed by atoms with Gasteiger partial charge in [0.2, 0.25) is 5.91 Å². The normalized spacial score (nSPS) is 10.6. The second-order valence-corrected chi connectivity index (χ2v) is 6.89. The fraction of sp³-hybridized carbons (Fsp3) is 0.118. The molecule has 0 atom stereocenters. The van der Waals surface area contributed by atoms with Crippen LogP contribution in [0, 0.1) is 10.1 Å². The van der Waals surface area contributed by atoms with Crippen LogP contribution in [0.15, 0.2) is 53.7 Å². The molecule has 0 radical (unpaired) electrons. The number of amides is 1. The number of nitro benzene ring substituents is 1. The van der Waals surface area contributed by atoms with E-state index in [0.29, 0.717) is 27.3 Å². The highest BCUT2D eigenvalue weighted by Gasteiger charge is 2.14. The summed E-state index contributed by atoms with van der Waals surface area (Å²) in [6.07, 6.45) is 0. The zero-order valence-corrected chi connectivity index (χ0v) is 15.7. The molecule has 0 aliphatic heterocycles. The van der Waals surface area contributed by atoms with Crippen LogP contribution in [0.5, 0.6) is 0 Å². The highest BCUT2D eigenvalue weighted by Crippen LogP contribution is 2.24. The molecule has 10 heteroatoms. The van der Waals surface area contributed by atoms with Crippen LogP contribution >= 0.6 is 23.4 Å². The Morgan fingerprint density at radius 3 is 2.48 bits per heavy atom. The Morgan fingerprint density at radius 2 is 1.85 bits per heavy atom. The third kappa shape index (κ3) is 4.63. The number of thioether (sulfide) groups is 1. The molecule has 0 aliphatic rings. The number of carbonyl (C=O) groups excluding carboxylic acids is 1. The zero-order valence-electron chi connectivity index (χ0n) is 14.1. The van der Waals surface area contributed by atoms with E-state index >= 15 is 0 Å². The fourth-order valence-electron chi connectivity index (χ4n) is 2.28. The van der Waals surface area contributed by atoms with Gasteiger partial charge in [0, 0.05) is 35.5 Å². The fourth-order valence-corrected chi connectivity index (χ4v) is 3.12. The minimum absolute atomic E-state index is 0.00869. The van der Waals surface area contributed by atoms with Crippen molar-refractivity contribution in [2.45, 2.75) is 5.16 Å². The number of nitrogens with zero attached hydrogens (tertiary/aromatic N) is 4. The van der Waals surface area contributed by atoms with Crippen LogP contribution in [0.2, 0.25) is 5.02 Å². The van der Waals surface area contributed by atoms with Gasteiger partial charge in [0.25, 0.3) is 5.69 Å². The number of non-ortho nitro benzene ring substituents is 1. The molecule has 3 rings (SSSR count). The van der Waals surface area contributed by atoms with Crippen molar-refractivity contribution in [1.29, 1.82) is 0 Å². The van der Waals surface area contributed by atoms with Gasteiger partial charge in [-0.25, -0.2) is 0 Å². The maximum Gasteiger partial charge on any atom is 0.269 e. The first-order chi connectivity index (χ1) is 12.9. The van der Waals surface area contributed by atoms with Crippen molar-refractivity contribution >= 4 is 40.6 Å². The van der Waals surface area contributed by atoms with Gasteiger partial charge in [0.05, 0.1) is 10.7 Å². The maximum atomic E-state index is 12.1. The van der Waals surface area contributed by atoms with Crippen LogP contribution in [-0.4, -0.2) is 31.3 Å². The Labute approximate surface area is 163 Å². The van der Waals surface area contributed by atoms with Gasteiger partial charge in [-0.2, -0.15) is 0 Å². The number of benzene rings is 2. The van der Waals surface area contributed by atoms with E-state index in [4.69, 9.17) is 11.6 Å². The van der Waals surface area contributed by atoms with Gasteiger partial charge in [0.15, 0.2) is 11.0 Å². The Bertz CT molecular complexity index is 973. The summed E-state index contributed by atoms with van der Waals surface area (Å²) in [7, 11) is 1.77.